The predicted octanol–water partition coefficient (Wildman–Crippen LogP) is 5.99. The normalized spacial score (nSPS) is 31.3. The van der Waals surface area contributed by atoms with Gasteiger partial charge in [-0.1, -0.05) is 18.0 Å². The second-order valence-corrected chi connectivity index (χ2v) is 17.9. The van der Waals surface area contributed by atoms with Crippen molar-refractivity contribution in [1.29, 1.82) is 0 Å². The number of likely N-dealkylation sites (tertiary alicyclic amines) is 1. The smallest absolute Gasteiger partial charge is 0.319 e. The van der Waals surface area contributed by atoms with E-state index in [9.17, 15) is 10.2 Å². The van der Waals surface area contributed by atoms with Crippen LogP contribution in [-0.2, 0) is 9.47 Å². The second-order valence-electron chi connectivity index (χ2n) is 17.5. The fourth-order valence-electron chi connectivity index (χ4n) is 10.7. The van der Waals surface area contributed by atoms with Crippen LogP contribution in [0.2, 0.25) is 5.02 Å². The van der Waals surface area contributed by atoms with Gasteiger partial charge in [-0.3, -0.25) is 10.00 Å². The summed E-state index contributed by atoms with van der Waals surface area (Å²) in [5.74, 6) is -0.324. The fraction of sp³-hybridized carbons (Fsp3) is 0.659. The largest absolute Gasteiger partial charge is 0.480 e. The van der Waals surface area contributed by atoms with Gasteiger partial charge in [0.15, 0.2) is 5.82 Å². The number of fused-ring (bicyclic) bond motifs is 3. The molecule has 4 aromatic rings. The minimum atomic E-state index is -1.31. The SMILES string of the molecule is COc1nc(-c2c(C)c(Cl)cc3[nH]ncc23)c(F)c2nc(OCC34CCCC3N(C3CCC5(CCOC5)CC3)CCC4)nc(N3CC(CO)OCC(C)(O)C3)c12. The first-order valence-electron chi connectivity index (χ1n) is 20.3. The third-order valence-corrected chi connectivity index (χ3v) is 14.1. The molecule has 5 fully saturated rings. The maximum absolute atomic E-state index is 17.4. The Bertz CT molecular complexity index is 2100. The monoisotopic (exact) mass is 793 g/mol. The molecule has 9 rings (SSSR count). The lowest BCUT2D eigenvalue weighted by Gasteiger charge is -2.51. The van der Waals surface area contributed by atoms with Crippen molar-refractivity contribution in [2.24, 2.45) is 10.8 Å². The van der Waals surface area contributed by atoms with Crippen LogP contribution in [0.4, 0.5) is 10.2 Å². The van der Waals surface area contributed by atoms with E-state index in [1.807, 2.05) is 6.92 Å². The molecule has 302 valence electrons. The second kappa shape index (κ2) is 14.8. The summed E-state index contributed by atoms with van der Waals surface area (Å²) in [4.78, 5) is 19.1. The summed E-state index contributed by atoms with van der Waals surface area (Å²) in [6, 6.07) is 2.75. The molecule has 4 unspecified atom stereocenters. The number of aliphatic hydroxyl groups is 2. The molecule has 4 atom stereocenters. The lowest BCUT2D eigenvalue weighted by atomic mass is 9.69. The number of H-pyrrole nitrogens is 1. The van der Waals surface area contributed by atoms with E-state index in [1.165, 1.54) is 39.2 Å². The van der Waals surface area contributed by atoms with Crippen molar-refractivity contribution in [3.63, 3.8) is 0 Å². The number of rotatable bonds is 8. The Kier molecular flexibility index (Phi) is 10.1. The van der Waals surface area contributed by atoms with Crippen LogP contribution < -0.4 is 14.4 Å². The molecule has 2 aliphatic carbocycles. The van der Waals surface area contributed by atoms with E-state index in [4.69, 9.17) is 45.5 Å². The number of methoxy groups -OCH3 is 1. The Hall–Kier alpha value is -3.40. The van der Waals surface area contributed by atoms with E-state index >= 15 is 4.39 Å². The third kappa shape index (κ3) is 6.67. The molecular weight excluding hydrogens is 741 g/mol. The first-order valence-corrected chi connectivity index (χ1v) is 20.6. The molecule has 0 bridgehead atoms. The molecule has 0 amide bonds. The number of hydrogen-bond donors (Lipinski definition) is 3. The molecule has 3 N–H and O–H groups in total. The molecule has 0 radical (unpaired) electrons. The highest BCUT2D eigenvalue weighted by Gasteiger charge is 2.51. The summed E-state index contributed by atoms with van der Waals surface area (Å²) in [7, 11) is 1.47. The number of aromatic amines is 1. The Morgan fingerprint density at radius 2 is 1.91 bits per heavy atom. The number of ether oxygens (including phenoxy) is 4. The van der Waals surface area contributed by atoms with Gasteiger partial charge >= 0.3 is 6.01 Å². The van der Waals surface area contributed by atoms with Crippen molar-refractivity contribution in [3.8, 4) is 23.1 Å². The fourth-order valence-corrected chi connectivity index (χ4v) is 10.9. The number of β-amino-alcohol motifs (C(OH)–C–C–N with tert-alkyl or cyclic N) is 1. The quantitative estimate of drug-likeness (QED) is 0.192. The molecule has 1 spiro atoms. The molecular formula is C41H53ClFN7O6. The molecule has 3 aromatic heterocycles. The number of aliphatic hydroxyl groups excluding tert-OH is 1. The average molecular weight is 794 g/mol. The first kappa shape index (κ1) is 38.1. The van der Waals surface area contributed by atoms with Gasteiger partial charge in [0.1, 0.15) is 28.0 Å². The summed E-state index contributed by atoms with van der Waals surface area (Å²) in [6.45, 7) is 6.77. The van der Waals surface area contributed by atoms with Crippen LogP contribution in [0, 0.1) is 23.6 Å². The van der Waals surface area contributed by atoms with Gasteiger partial charge in [-0.15, -0.1) is 0 Å². The van der Waals surface area contributed by atoms with E-state index < -0.39 is 17.5 Å². The van der Waals surface area contributed by atoms with Crippen LogP contribution in [-0.4, -0.2) is 124 Å². The molecule has 2 saturated carbocycles. The van der Waals surface area contributed by atoms with Crippen LogP contribution >= 0.6 is 11.6 Å². The summed E-state index contributed by atoms with van der Waals surface area (Å²) in [5.41, 5.74) is 0.697. The molecule has 13 nitrogen and oxygen atoms in total. The molecule has 6 heterocycles. The van der Waals surface area contributed by atoms with Gasteiger partial charge in [0.2, 0.25) is 5.88 Å². The van der Waals surface area contributed by atoms with Crippen LogP contribution in [0.1, 0.15) is 76.7 Å². The zero-order valence-electron chi connectivity index (χ0n) is 32.6. The molecule has 3 saturated heterocycles. The standard InChI is InChI=1S/C41H53ClFN7O6/c1-24-28(42)16-29-27(17-44-48-29)31(24)34-33(43)35-32(37(45-34)53-3)36(49-18-26(19-51)55-21-39(2,52)20-49)47-38(46-35)56-23-41-9-4-6-30(41)50(14-5-10-41)25-7-11-40(12-8-25)13-15-54-22-40/h16-17,25-26,30,51-52H,4-15,18-23H2,1-3H3,(H,44,48). The van der Waals surface area contributed by atoms with Gasteiger partial charge in [-0.25, -0.2) is 9.37 Å². The van der Waals surface area contributed by atoms with Crippen LogP contribution in [0.15, 0.2) is 12.3 Å². The lowest BCUT2D eigenvalue weighted by molar-refractivity contribution is -0.0528. The summed E-state index contributed by atoms with van der Waals surface area (Å²) in [6.07, 6.45) is 12.5. The summed E-state index contributed by atoms with van der Waals surface area (Å²) in [5, 5.41) is 30.0. The van der Waals surface area contributed by atoms with Crippen molar-refractivity contribution in [3.05, 3.63) is 28.7 Å². The zero-order valence-corrected chi connectivity index (χ0v) is 33.3. The van der Waals surface area contributed by atoms with E-state index in [2.05, 4.69) is 15.1 Å². The summed E-state index contributed by atoms with van der Waals surface area (Å²) >= 11 is 6.67. The van der Waals surface area contributed by atoms with Gasteiger partial charge in [0.05, 0.1) is 57.9 Å². The first-order chi connectivity index (χ1) is 27.0. The number of anilines is 1. The molecule has 5 aliphatic rings. The van der Waals surface area contributed by atoms with E-state index in [1.54, 1.807) is 24.1 Å². The maximum atomic E-state index is 17.4. The van der Waals surface area contributed by atoms with E-state index in [0.29, 0.717) is 51.2 Å². The van der Waals surface area contributed by atoms with Gasteiger partial charge in [0.25, 0.3) is 0 Å². The Morgan fingerprint density at radius 1 is 1.09 bits per heavy atom. The van der Waals surface area contributed by atoms with Crippen LogP contribution in [0.25, 0.3) is 33.1 Å². The van der Waals surface area contributed by atoms with Crippen molar-refractivity contribution < 1.29 is 33.6 Å². The van der Waals surface area contributed by atoms with Gasteiger partial charge in [0, 0.05) is 46.6 Å². The number of halogens is 2. The van der Waals surface area contributed by atoms with E-state index in [-0.39, 0.29) is 66.0 Å². The zero-order chi connectivity index (χ0) is 38.8. The number of piperidine rings is 1. The van der Waals surface area contributed by atoms with Crippen molar-refractivity contribution >= 4 is 39.2 Å². The topological polar surface area (TPSA) is 151 Å². The molecule has 3 aliphatic heterocycles. The van der Waals surface area contributed by atoms with Gasteiger partial charge in [-0.2, -0.15) is 15.1 Å². The summed E-state index contributed by atoms with van der Waals surface area (Å²) < 4.78 is 41.7. The Labute approximate surface area is 331 Å². The number of nitrogens with one attached hydrogen (secondary N) is 1. The van der Waals surface area contributed by atoms with Crippen molar-refractivity contribution in [2.75, 3.05) is 64.7 Å². The number of pyridine rings is 1. The lowest BCUT2D eigenvalue weighted by Crippen LogP contribution is -2.56. The average Bonchev–Trinajstić information content (AvgIpc) is 3.95. The Morgan fingerprint density at radius 3 is 2.68 bits per heavy atom. The highest BCUT2D eigenvalue weighted by molar-refractivity contribution is 6.33. The third-order valence-electron chi connectivity index (χ3n) is 13.7. The number of nitrogens with zero attached hydrogens (tertiary/aromatic N) is 6. The van der Waals surface area contributed by atoms with Gasteiger partial charge < -0.3 is 34.1 Å². The number of aromatic nitrogens is 5. The number of benzene rings is 1. The van der Waals surface area contributed by atoms with Crippen molar-refractivity contribution in [1.82, 2.24) is 30.0 Å². The molecule has 15 heteroatoms. The van der Waals surface area contributed by atoms with Crippen molar-refractivity contribution in [2.45, 2.75) is 102 Å². The maximum Gasteiger partial charge on any atom is 0.319 e. The minimum Gasteiger partial charge on any atom is -0.480 e. The van der Waals surface area contributed by atoms with Crippen LogP contribution in [0.3, 0.4) is 0 Å². The highest BCUT2D eigenvalue weighted by Crippen LogP contribution is 2.52. The highest BCUT2D eigenvalue weighted by atomic mass is 35.5. The van der Waals surface area contributed by atoms with Crippen LogP contribution in [0.5, 0.6) is 11.9 Å². The van der Waals surface area contributed by atoms with Gasteiger partial charge in [-0.05, 0) is 95.2 Å². The number of hydrogen-bond acceptors (Lipinski definition) is 12. The van der Waals surface area contributed by atoms with E-state index in [0.717, 1.165) is 51.9 Å². The minimum absolute atomic E-state index is 0.0000981. The molecule has 1 aromatic carbocycles. The Balaban J connectivity index is 1.11. The molecule has 56 heavy (non-hydrogen) atoms. The predicted molar refractivity (Wildman–Crippen MR) is 210 cm³/mol.